The number of carboxylic acids is 1. The summed E-state index contributed by atoms with van der Waals surface area (Å²) in [6.45, 7) is 3.14. The van der Waals surface area contributed by atoms with E-state index in [0.29, 0.717) is 36.9 Å². The second kappa shape index (κ2) is 7.51. The van der Waals surface area contributed by atoms with Gasteiger partial charge in [-0.1, -0.05) is 11.2 Å². The van der Waals surface area contributed by atoms with Gasteiger partial charge < -0.3 is 9.63 Å². The zero-order chi connectivity index (χ0) is 19.7. The number of pyridine rings is 1. The molecule has 1 atom stereocenters. The van der Waals surface area contributed by atoms with Crippen LogP contribution in [0.5, 0.6) is 0 Å². The molecule has 9 heteroatoms. The lowest BCUT2D eigenvalue weighted by Crippen LogP contribution is -2.36. The summed E-state index contributed by atoms with van der Waals surface area (Å²) in [5.74, 6) is 0.00707. The summed E-state index contributed by atoms with van der Waals surface area (Å²) < 4.78 is 7.19. The van der Waals surface area contributed by atoms with Crippen molar-refractivity contribution in [2.75, 3.05) is 7.05 Å². The highest BCUT2D eigenvalue weighted by Gasteiger charge is 2.31. The standard InChI is InChI=1S/C19H22N6O3/c1-3-25-15-8-7-12(10-13(15)17(22-25)19(26)27)24(2)11-16-21-18(23-28-16)14-6-4-5-9-20-14/h4-6,9,12H,3,7-8,10-11H2,1-2H3,(H,26,27)/t12-/m1/s1. The summed E-state index contributed by atoms with van der Waals surface area (Å²) >= 11 is 0. The Morgan fingerprint density at radius 3 is 3.00 bits per heavy atom. The molecule has 4 rings (SSSR count). The highest BCUT2D eigenvalue weighted by atomic mass is 16.5. The number of rotatable bonds is 6. The number of carbonyl (C=O) groups is 1. The number of fused-ring (bicyclic) bond motifs is 1. The lowest BCUT2D eigenvalue weighted by atomic mass is 9.90. The van der Waals surface area contributed by atoms with Crippen LogP contribution in [0.1, 0.15) is 41.0 Å². The second-order valence-electron chi connectivity index (χ2n) is 6.93. The fourth-order valence-corrected chi connectivity index (χ4v) is 3.74. The molecule has 1 N–H and O–H groups in total. The molecular weight excluding hydrogens is 360 g/mol. The van der Waals surface area contributed by atoms with Gasteiger partial charge in [0.1, 0.15) is 5.69 Å². The van der Waals surface area contributed by atoms with Gasteiger partial charge in [-0.05, 0) is 45.4 Å². The predicted molar refractivity (Wildman–Crippen MR) is 99.7 cm³/mol. The molecule has 1 aliphatic carbocycles. The topological polar surface area (TPSA) is 110 Å². The third-order valence-corrected chi connectivity index (χ3v) is 5.19. The molecule has 0 bridgehead atoms. The maximum atomic E-state index is 11.6. The molecule has 0 unspecified atom stereocenters. The Hall–Kier alpha value is -3.07. The normalized spacial score (nSPS) is 16.3. The second-order valence-corrected chi connectivity index (χ2v) is 6.93. The van der Waals surface area contributed by atoms with Gasteiger partial charge in [0.25, 0.3) is 0 Å². The van der Waals surface area contributed by atoms with Crippen molar-refractivity contribution in [1.82, 2.24) is 29.8 Å². The molecular formula is C19H22N6O3. The minimum atomic E-state index is -0.969. The predicted octanol–water partition coefficient (Wildman–Crippen LogP) is 2.04. The number of hydrogen-bond donors (Lipinski definition) is 1. The third kappa shape index (κ3) is 3.40. The number of aryl methyl sites for hydroxylation is 1. The Morgan fingerprint density at radius 2 is 2.29 bits per heavy atom. The molecule has 0 amide bonds. The van der Waals surface area contributed by atoms with E-state index in [1.54, 1.807) is 6.20 Å². The minimum absolute atomic E-state index is 0.171. The zero-order valence-corrected chi connectivity index (χ0v) is 15.9. The Labute approximate surface area is 162 Å². The van der Waals surface area contributed by atoms with E-state index in [2.05, 4.69) is 25.1 Å². The van der Waals surface area contributed by atoms with Crippen LogP contribution in [0.25, 0.3) is 11.5 Å². The van der Waals surface area contributed by atoms with E-state index >= 15 is 0 Å². The molecule has 0 saturated carbocycles. The van der Waals surface area contributed by atoms with Crippen LogP contribution in [-0.2, 0) is 25.9 Å². The van der Waals surface area contributed by atoms with Gasteiger partial charge in [0.15, 0.2) is 5.69 Å². The van der Waals surface area contributed by atoms with Crippen molar-refractivity contribution < 1.29 is 14.4 Å². The van der Waals surface area contributed by atoms with Crippen molar-refractivity contribution in [2.24, 2.45) is 0 Å². The summed E-state index contributed by atoms with van der Waals surface area (Å²) in [6.07, 6.45) is 4.07. The minimum Gasteiger partial charge on any atom is -0.476 e. The molecule has 1 aliphatic rings. The van der Waals surface area contributed by atoms with Gasteiger partial charge in [0, 0.05) is 30.0 Å². The maximum Gasteiger partial charge on any atom is 0.356 e. The van der Waals surface area contributed by atoms with Crippen molar-refractivity contribution in [3.05, 3.63) is 47.2 Å². The highest BCUT2D eigenvalue weighted by molar-refractivity contribution is 5.87. The number of nitrogens with zero attached hydrogens (tertiary/aromatic N) is 6. The molecule has 0 aliphatic heterocycles. The number of likely N-dealkylation sites (N-methyl/N-ethyl adjacent to an activating group) is 1. The summed E-state index contributed by atoms with van der Waals surface area (Å²) in [5.41, 5.74) is 2.72. The smallest absolute Gasteiger partial charge is 0.356 e. The molecule has 9 nitrogen and oxygen atoms in total. The lowest BCUT2D eigenvalue weighted by molar-refractivity contribution is 0.0687. The molecule has 0 radical (unpaired) electrons. The molecule has 0 saturated heterocycles. The van der Waals surface area contributed by atoms with E-state index in [1.165, 1.54) is 0 Å². The highest BCUT2D eigenvalue weighted by Crippen LogP contribution is 2.28. The van der Waals surface area contributed by atoms with Crippen LogP contribution >= 0.6 is 0 Å². The molecule has 0 aromatic carbocycles. The number of aromatic carboxylic acids is 1. The first-order chi connectivity index (χ1) is 13.6. The lowest BCUT2D eigenvalue weighted by Gasteiger charge is -2.30. The van der Waals surface area contributed by atoms with Crippen LogP contribution in [-0.4, -0.2) is 54.0 Å². The SMILES string of the molecule is CCn1nc(C(=O)O)c2c1CC[C@@H](N(C)Cc1nc(-c3ccccn3)no1)C2. The Balaban J connectivity index is 1.48. The Morgan fingerprint density at radius 1 is 1.43 bits per heavy atom. The van der Waals surface area contributed by atoms with Crippen LogP contribution in [0, 0.1) is 0 Å². The maximum absolute atomic E-state index is 11.6. The van der Waals surface area contributed by atoms with Gasteiger partial charge in [-0.25, -0.2) is 4.79 Å². The van der Waals surface area contributed by atoms with E-state index in [9.17, 15) is 9.90 Å². The molecule has 146 valence electrons. The summed E-state index contributed by atoms with van der Waals surface area (Å²) in [6, 6.07) is 5.73. The fourth-order valence-electron chi connectivity index (χ4n) is 3.74. The molecule has 0 spiro atoms. The fraction of sp³-hybridized carbons (Fsp3) is 0.421. The average Bonchev–Trinajstić information content (AvgIpc) is 3.32. The van der Waals surface area contributed by atoms with Crippen LogP contribution in [0.15, 0.2) is 28.9 Å². The Kier molecular flexibility index (Phi) is 4.91. The van der Waals surface area contributed by atoms with Crippen molar-refractivity contribution in [1.29, 1.82) is 0 Å². The number of hydrogen-bond acceptors (Lipinski definition) is 7. The molecule has 3 aromatic rings. The molecule has 0 fully saturated rings. The van der Waals surface area contributed by atoms with Crippen LogP contribution in [0.3, 0.4) is 0 Å². The molecule has 28 heavy (non-hydrogen) atoms. The first kappa shape index (κ1) is 18.3. The largest absolute Gasteiger partial charge is 0.476 e. The van der Waals surface area contributed by atoms with Crippen LogP contribution in [0.2, 0.25) is 0 Å². The van der Waals surface area contributed by atoms with E-state index in [4.69, 9.17) is 4.52 Å². The number of aromatic nitrogens is 5. The van der Waals surface area contributed by atoms with Gasteiger partial charge in [-0.3, -0.25) is 14.6 Å². The van der Waals surface area contributed by atoms with Gasteiger partial charge in [0.05, 0.1) is 6.54 Å². The summed E-state index contributed by atoms with van der Waals surface area (Å²) in [5, 5.41) is 17.8. The van der Waals surface area contributed by atoms with Gasteiger partial charge in [0.2, 0.25) is 11.7 Å². The third-order valence-electron chi connectivity index (χ3n) is 5.19. The average molecular weight is 382 g/mol. The number of carboxylic acid groups (broad SMARTS) is 1. The first-order valence-corrected chi connectivity index (χ1v) is 9.33. The van der Waals surface area contributed by atoms with E-state index < -0.39 is 5.97 Å². The zero-order valence-electron chi connectivity index (χ0n) is 15.9. The van der Waals surface area contributed by atoms with Crippen LogP contribution < -0.4 is 0 Å². The Bertz CT molecular complexity index is 981. The summed E-state index contributed by atoms with van der Waals surface area (Å²) in [7, 11) is 1.99. The molecule has 3 heterocycles. The van der Waals surface area contributed by atoms with Crippen molar-refractivity contribution in [3.63, 3.8) is 0 Å². The van der Waals surface area contributed by atoms with Gasteiger partial charge in [-0.2, -0.15) is 10.1 Å². The quantitative estimate of drug-likeness (QED) is 0.689. The van der Waals surface area contributed by atoms with Crippen molar-refractivity contribution in [2.45, 2.75) is 45.3 Å². The van der Waals surface area contributed by atoms with Gasteiger partial charge >= 0.3 is 5.97 Å². The van der Waals surface area contributed by atoms with E-state index in [-0.39, 0.29) is 11.7 Å². The van der Waals surface area contributed by atoms with Crippen molar-refractivity contribution >= 4 is 5.97 Å². The van der Waals surface area contributed by atoms with E-state index in [0.717, 1.165) is 24.1 Å². The van der Waals surface area contributed by atoms with Crippen molar-refractivity contribution in [3.8, 4) is 11.5 Å². The molecule has 3 aromatic heterocycles. The summed E-state index contributed by atoms with van der Waals surface area (Å²) in [4.78, 5) is 22.4. The van der Waals surface area contributed by atoms with Crippen LogP contribution in [0.4, 0.5) is 0 Å². The monoisotopic (exact) mass is 382 g/mol. The van der Waals surface area contributed by atoms with Gasteiger partial charge in [-0.15, -0.1) is 0 Å². The first-order valence-electron chi connectivity index (χ1n) is 9.33. The van der Waals surface area contributed by atoms with E-state index in [1.807, 2.05) is 36.9 Å².